The number of rotatable bonds is 59. The highest BCUT2D eigenvalue weighted by Gasteiger charge is 2.23. The van der Waals surface area contributed by atoms with Crippen molar-refractivity contribution in [3.63, 3.8) is 0 Å². The van der Waals surface area contributed by atoms with Crippen LogP contribution in [-0.2, 0) is 0 Å². The predicted octanol–water partition coefficient (Wildman–Crippen LogP) is 27.5. The number of unbranched alkanes of at least 4 members (excludes halogenated alkanes) is 31. The number of hydrogen-bond donors (Lipinski definition) is 0. The molecule has 10 aromatic carbocycles. The summed E-state index contributed by atoms with van der Waals surface area (Å²) in [6, 6.07) is 49.2. The van der Waals surface area contributed by atoms with E-state index in [1.54, 1.807) is 24.3 Å². The molecule has 20 nitrogen and oxygen atoms in total. The van der Waals surface area contributed by atoms with Gasteiger partial charge in [0.2, 0.25) is 0 Å². The van der Waals surface area contributed by atoms with E-state index in [0.29, 0.717) is 37.9 Å². The van der Waals surface area contributed by atoms with E-state index in [1.807, 2.05) is 0 Å². The van der Waals surface area contributed by atoms with Gasteiger partial charge in [-0.25, -0.2) is 55.9 Å². The molecule has 10 rings (SSSR count). The molecule has 0 radical (unpaired) electrons. The van der Waals surface area contributed by atoms with Crippen LogP contribution in [0.25, 0.3) is 0 Å². The summed E-state index contributed by atoms with van der Waals surface area (Å²) in [5.74, 6) is -8.55. The first kappa shape index (κ1) is 101. The van der Waals surface area contributed by atoms with Crippen molar-refractivity contribution in [2.24, 2.45) is 0 Å². The second-order valence-electron chi connectivity index (χ2n) is 32.4. The molecule has 0 saturated carbocycles. The zero-order valence-corrected chi connectivity index (χ0v) is 75.3. The van der Waals surface area contributed by atoms with Crippen molar-refractivity contribution in [3.8, 4) is 69.0 Å². The van der Waals surface area contributed by atoms with Crippen molar-refractivity contribution in [1.82, 2.24) is 0 Å². The molecule has 10 aromatic rings. The molecular formula is C108H118F4O20. The number of halogens is 4. The maximum atomic E-state index is 15.3. The Morgan fingerprint density at radius 2 is 0.371 bits per heavy atom. The van der Waals surface area contributed by atoms with Crippen molar-refractivity contribution < 1.29 is 113 Å². The average molecular weight is 1810 g/mol. The maximum absolute atomic E-state index is 15.3. The van der Waals surface area contributed by atoms with Crippen LogP contribution >= 0.6 is 0 Å². The van der Waals surface area contributed by atoms with Crippen LogP contribution in [0.2, 0.25) is 0 Å². The summed E-state index contributed by atoms with van der Waals surface area (Å²) >= 11 is 0. The van der Waals surface area contributed by atoms with E-state index in [-0.39, 0.29) is 90.9 Å². The molecule has 0 spiro atoms. The van der Waals surface area contributed by atoms with E-state index in [2.05, 4.69) is 13.8 Å². The minimum Gasteiger partial charge on any atom is -0.494 e. The van der Waals surface area contributed by atoms with E-state index in [0.717, 1.165) is 139 Å². The Balaban J connectivity index is 0.515. The van der Waals surface area contributed by atoms with Gasteiger partial charge in [-0.15, -0.1) is 0 Å². The van der Waals surface area contributed by atoms with Crippen LogP contribution in [0.4, 0.5) is 17.6 Å². The van der Waals surface area contributed by atoms with Crippen LogP contribution in [0.15, 0.2) is 218 Å². The molecule has 698 valence electrons. The van der Waals surface area contributed by atoms with Gasteiger partial charge in [-0.3, -0.25) is 0 Å². The summed E-state index contributed by atoms with van der Waals surface area (Å²) in [5.41, 5.74) is -0.243. The van der Waals surface area contributed by atoms with E-state index in [1.165, 1.54) is 273 Å². The van der Waals surface area contributed by atoms with Gasteiger partial charge in [0.05, 0.1) is 70.9 Å². The van der Waals surface area contributed by atoms with Crippen LogP contribution in [0.1, 0.15) is 315 Å². The minimum absolute atomic E-state index is 0.0156. The maximum Gasteiger partial charge on any atom is 0.346 e. The third-order valence-corrected chi connectivity index (χ3v) is 21.9. The molecule has 0 amide bonds. The summed E-state index contributed by atoms with van der Waals surface area (Å²) in [6.45, 7) is 6.20. The van der Waals surface area contributed by atoms with Crippen molar-refractivity contribution in [2.45, 2.75) is 232 Å². The topological polar surface area (TPSA) is 247 Å². The molecular weight excluding hydrogens is 1690 g/mol. The Morgan fingerprint density at radius 1 is 0.182 bits per heavy atom. The third kappa shape index (κ3) is 35.6. The Hall–Kier alpha value is -13.1. The molecule has 0 bridgehead atoms. The molecule has 0 saturated heterocycles. The normalized spacial score (nSPS) is 11.0. The first-order valence-corrected chi connectivity index (χ1v) is 46.4. The highest BCUT2D eigenvalue weighted by Crippen LogP contribution is 2.31. The highest BCUT2D eigenvalue weighted by molar-refractivity contribution is 5.96. The molecule has 0 aliphatic heterocycles. The fraction of sp³-hybridized carbons (Fsp3) is 0.370. The van der Waals surface area contributed by atoms with E-state index >= 15 is 8.78 Å². The molecule has 132 heavy (non-hydrogen) atoms. The molecule has 0 fully saturated rings. The summed E-state index contributed by atoms with van der Waals surface area (Å²) in [4.78, 5) is 104. The smallest absolute Gasteiger partial charge is 0.346 e. The molecule has 0 aromatic heterocycles. The SMILES string of the molecule is CCCCCCCCCCCCCCOc1ccc(C(=O)Oc2ccc(C(=O)Oc3ccc(OC(=O)c4ccc(OC(=O)c5ccc(OCCCCCCCCCCCCOc6ccc(C(=O)Oc7ccc(C(=O)Oc8ccc(OC(=O)c9ccc(OC(=O)c%10ccc(OCCCCCCCCCCCCCC)c(F)c%10)cc9)cc8)c(F)c7)cc6)cc5)cc4F)cc3)cc2)cc1F. The summed E-state index contributed by atoms with van der Waals surface area (Å²) in [6.07, 6.45) is 39.3. The Kier molecular flexibility index (Phi) is 43.2. The predicted molar refractivity (Wildman–Crippen MR) is 494 cm³/mol. The van der Waals surface area contributed by atoms with Crippen molar-refractivity contribution in [1.29, 1.82) is 0 Å². The van der Waals surface area contributed by atoms with Gasteiger partial charge in [-0.2, -0.15) is 0 Å². The number of esters is 8. The second kappa shape index (κ2) is 56.5. The fourth-order valence-electron chi connectivity index (χ4n) is 14.4. The van der Waals surface area contributed by atoms with E-state index in [4.69, 9.17) is 56.8 Å². The molecule has 0 heterocycles. The molecule has 0 N–H and O–H groups in total. The van der Waals surface area contributed by atoms with Gasteiger partial charge < -0.3 is 56.8 Å². The van der Waals surface area contributed by atoms with Gasteiger partial charge >= 0.3 is 47.8 Å². The Bertz CT molecular complexity index is 4950. The Labute approximate surface area is 770 Å². The zero-order valence-electron chi connectivity index (χ0n) is 75.3. The Morgan fingerprint density at radius 3 is 0.614 bits per heavy atom. The lowest BCUT2D eigenvalue weighted by Crippen LogP contribution is -2.12. The van der Waals surface area contributed by atoms with Gasteiger partial charge in [-0.05, 0) is 232 Å². The highest BCUT2D eigenvalue weighted by atomic mass is 19.1. The van der Waals surface area contributed by atoms with Gasteiger partial charge in [0.1, 0.15) is 69.1 Å². The first-order chi connectivity index (χ1) is 64.3. The van der Waals surface area contributed by atoms with Crippen LogP contribution < -0.4 is 56.8 Å². The fourth-order valence-corrected chi connectivity index (χ4v) is 14.4. The van der Waals surface area contributed by atoms with Gasteiger partial charge in [0, 0.05) is 12.1 Å². The molecule has 24 heteroatoms. The quantitative estimate of drug-likeness (QED) is 0.0149. The number of carbonyl (C=O) groups is 8. The van der Waals surface area contributed by atoms with Crippen LogP contribution in [0, 0.1) is 23.3 Å². The first-order valence-electron chi connectivity index (χ1n) is 46.4. The van der Waals surface area contributed by atoms with Crippen molar-refractivity contribution in [3.05, 3.63) is 286 Å². The second-order valence-corrected chi connectivity index (χ2v) is 32.4. The van der Waals surface area contributed by atoms with Gasteiger partial charge in [0.25, 0.3) is 0 Å². The zero-order chi connectivity index (χ0) is 93.3. The average Bonchev–Trinajstić information content (AvgIpc) is 0.846. The van der Waals surface area contributed by atoms with Crippen LogP contribution in [0.3, 0.4) is 0 Å². The lowest BCUT2D eigenvalue weighted by atomic mass is 10.1. The van der Waals surface area contributed by atoms with E-state index in [9.17, 15) is 47.1 Å². The number of hydrogen-bond acceptors (Lipinski definition) is 20. The standard InChI is InChI=1S/C108H118F4O20/c1-3-5-7-9-11-13-15-17-23-27-31-35-71-123-99-67-45-81(73-97(99)111)105(117)127-85-51-41-79(42-52-85)101(113)125-87-55-59-89(60-56-87)129-107(119)93-65-63-91(75-95(93)109)131-103(115)77-37-47-83(48-38-77)121-69-33-29-25-21-19-20-22-26-30-34-70-122-84-49-39-78(40-50-84)104(116)132-92-64-66-94(96(110)76-92)108(120)130-90-61-57-88(58-62-90)126-102(114)80-43-53-86(54-44-80)128-106(118)82-46-68-100(98(112)74-82)124-72-36-32-28-24-18-16-14-12-10-8-6-4-2/h37-68,73-76H,3-36,69-72H2,1-2H3. The monoisotopic (exact) mass is 1810 g/mol. The molecule has 0 unspecified atom stereocenters. The minimum atomic E-state index is -1.03. The number of benzene rings is 10. The summed E-state index contributed by atoms with van der Waals surface area (Å²) < 4.78 is 127. The molecule has 0 atom stereocenters. The van der Waals surface area contributed by atoms with Crippen molar-refractivity contribution >= 4 is 47.8 Å². The lowest BCUT2D eigenvalue weighted by molar-refractivity contribution is 0.0712. The largest absolute Gasteiger partial charge is 0.494 e. The van der Waals surface area contributed by atoms with Gasteiger partial charge in [-0.1, -0.05) is 206 Å². The van der Waals surface area contributed by atoms with Crippen LogP contribution in [0.5, 0.6) is 69.0 Å². The molecule has 0 aliphatic carbocycles. The third-order valence-electron chi connectivity index (χ3n) is 21.9. The number of ether oxygens (including phenoxy) is 12. The summed E-state index contributed by atoms with van der Waals surface area (Å²) in [7, 11) is 0. The van der Waals surface area contributed by atoms with Crippen LogP contribution in [-0.4, -0.2) is 74.2 Å². The van der Waals surface area contributed by atoms with Crippen molar-refractivity contribution in [2.75, 3.05) is 26.4 Å². The number of carbonyl (C=O) groups excluding carboxylic acids is 8. The summed E-state index contributed by atoms with van der Waals surface area (Å²) in [5, 5.41) is 0. The molecule has 0 aliphatic rings. The lowest BCUT2D eigenvalue weighted by Gasteiger charge is -2.10. The van der Waals surface area contributed by atoms with E-state index < -0.39 is 82.2 Å². The van der Waals surface area contributed by atoms with Gasteiger partial charge in [0.15, 0.2) is 23.1 Å².